The molecular formula is C19H15N3O3. The fraction of sp³-hybridized carbons (Fsp3) is 0.158. The van der Waals surface area contributed by atoms with Gasteiger partial charge in [-0.2, -0.15) is 0 Å². The number of carbonyl (C=O) groups is 1. The van der Waals surface area contributed by atoms with Crippen molar-refractivity contribution in [3.05, 3.63) is 76.0 Å². The number of aromatic nitrogens is 1. The van der Waals surface area contributed by atoms with Crippen molar-refractivity contribution in [1.82, 2.24) is 4.98 Å². The van der Waals surface area contributed by atoms with E-state index in [0.29, 0.717) is 18.7 Å². The summed E-state index contributed by atoms with van der Waals surface area (Å²) in [4.78, 5) is 29.4. The quantitative estimate of drug-likeness (QED) is 0.544. The van der Waals surface area contributed by atoms with Crippen molar-refractivity contribution in [2.75, 3.05) is 11.4 Å². The number of pyridine rings is 1. The topological polar surface area (TPSA) is 76.3 Å². The van der Waals surface area contributed by atoms with E-state index in [2.05, 4.69) is 4.98 Å². The molecule has 3 aromatic rings. The lowest BCUT2D eigenvalue weighted by Gasteiger charge is -2.17. The van der Waals surface area contributed by atoms with Crippen LogP contribution in [0.15, 0.2) is 54.7 Å². The number of carbonyl (C=O) groups excluding carboxylic acids is 1. The van der Waals surface area contributed by atoms with Gasteiger partial charge in [0.25, 0.3) is 5.69 Å². The number of nitrogens with zero attached hydrogens (tertiary/aromatic N) is 3. The molecule has 0 unspecified atom stereocenters. The minimum atomic E-state index is -0.435. The van der Waals surface area contributed by atoms with E-state index in [1.54, 1.807) is 17.2 Å². The van der Waals surface area contributed by atoms with Gasteiger partial charge in [-0.25, -0.2) is 0 Å². The molecule has 0 saturated heterocycles. The van der Waals surface area contributed by atoms with Crippen molar-refractivity contribution >= 4 is 28.2 Å². The number of nitro benzene ring substituents is 1. The van der Waals surface area contributed by atoms with Gasteiger partial charge in [-0.05, 0) is 23.6 Å². The third-order valence-corrected chi connectivity index (χ3v) is 4.53. The average molecular weight is 333 g/mol. The lowest BCUT2D eigenvalue weighted by Crippen LogP contribution is -2.30. The van der Waals surface area contributed by atoms with E-state index in [9.17, 15) is 14.9 Å². The van der Waals surface area contributed by atoms with Gasteiger partial charge in [0.2, 0.25) is 5.91 Å². The second-order valence-electron chi connectivity index (χ2n) is 6.03. The summed E-state index contributed by atoms with van der Waals surface area (Å²) in [5, 5.41) is 12.0. The molecular weight excluding hydrogens is 318 g/mol. The largest absolute Gasteiger partial charge is 0.311 e. The summed E-state index contributed by atoms with van der Waals surface area (Å²) in [5.74, 6) is -0.0719. The summed E-state index contributed by atoms with van der Waals surface area (Å²) in [6.45, 7) is 0.549. The van der Waals surface area contributed by atoms with E-state index in [1.165, 1.54) is 12.1 Å². The third kappa shape index (κ3) is 2.71. The van der Waals surface area contributed by atoms with Crippen LogP contribution in [-0.4, -0.2) is 22.4 Å². The van der Waals surface area contributed by atoms with Crippen LogP contribution in [0.3, 0.4) is 0 Å². The Hall–Kier alpha value is -3.28. The number of fused-ring (bicyclic) bond motifs is 2. The summed E-state index contributed by atoms with van der Waals surface area (Å²) in [6.07, 6.45) is 2.65. The lowest BCUT2D eigenvalue weighted by molar-refractivity contribution is -0.384. The maximum absolute atomic E-state index is 12.8. The first kappa shape index (κ1) is 15.3. The molecule has 1 aliphatic heterocycles. The van der Waals surface area contributed by atoms with Crippen molar-refractivity contribution in [2.45, 2.75) is 12.8 Å². The van der Waals surface area contributed by atoms with E-state index in [0.717, 1.165) is 22.0 Å². The molecule has 25 heavy (non-hydrogen) atoms. The maximum atomic E-state index is 12.8. The second kappa shape index (κ2) is 5.98. The van der Waals surface area contributed by atoms with Gasteiger partial charge < -0.3 is 4.90 Å². The van der Waals surface area contributed by atoms with Gasteiger partial charge >= 0.3 is 0 Å². The van der Waals surface area contributed by atoms with Crippen LogP contribution in [0.1, 0.15) is 11.1 Å². The Morgan fingerprint density at radius 1 is 1.20 bits per heavy atom. The monoisotopic (exact) mass is 333 g/mol. The van der Waals surface area contributed by atoms with Gasteiger partial charge in [-0.1, -0.05) is 30.3 Å². The number of non-ortho nitro benzene ring substituents is 1. The van der Waals surface area contributed by atoms with E-state index in [1.807, 2.05) is 30.3 Å². The number of nitro groups is 1. The SMILES string of the molecule is O=C(Cc1cccc2cccnc12)N1CCc2ccc([N+](=O)[O-])cc21. The molecule has 1 aromatic heterocycles. The normalized spacial score (nSPS) is 13.0. The van der Waals surface area contributed by atoms with Gasteiger partial charge in [0, 0.05) is 30.3 Å². The summed E-state index contributed by atoms with van der Waals surface area (Å²) < 4.78 is 0. The molecule has 0 fully saturated rings. The molecule has 6 nitrogen and oxygen atoms in total. The molecule has 0 saturated carbocycles. The van der Waals surface area contributed by atoms with Gasteiger partial charge in [-0.3, -0.25) is 19.9 Å². The molecule has 124 valence electrons. The minimum Gasteiger partial charge on any atom is -0.311 e. The van der Waals surface area contributed by atoms with Crippen LogP contribution in [0.25, 0.3) is 10.9 Å². The number of benzene rings is 2. The molecule has 2 heterocycles. The van der Waals surface area contributed by atoms with E-state index in [4.69, 9.17) is 0 Å². The van der Waals surface area contributed by atoms with E-state index in [-0.39, 0.29) is 18.0 Å². The second-order valence-corrected chi connectivity index (χ2v) is 6.03. The number of amides is 1. The fourth-order valence-corrected chi connectivity index (χ4v) is 3.31. The molecule has 0 bridgehead atoms. The van der Waals surface area contributed by atoms with Crippen LogP contribution >= 0.6 is 0 Å². The van der Waals surface area contributed by atoms with Crippen LogP contribution < -0.4 is 4.90 Å². The Bertz CT molecular complexity index is 995. The summed E-state index contributed by atoms with van der Waals surface area (Å²) in [5.41, 5.74) is 3.30. The molecule has 1 amide bonds. The average Bonchev–Trinajstić information content (AvgIpc) is 3.05. The highest BCUT2D eigenvalue weighted by Crippen LogP contribution is 2.32. The standard InChI is InChI=1S/C19H15N3O3/c23-18(11-15-4-1-3-14-5-2-9-20-19(14)15)21-10-8-13-6-7-16(22(24)25)12-17(13)21/h1-7,9,12H,8,10-11H2. The Morgan fingerprint density at radius 3 is 2.88 bits per heavy atom. The van der Waals surface area contributed by atoms with Gasteiger partial charge in [0.05, 0.1) is 22.5 Å². The van der Waals surface area contributed by atoms with Crippen molar-refractivity contribution < 1.29 is 9.72 Å². The fourth-order valence-electron chi connectivity index (χ4n) is 3.31. The van der Waals surface area contributed by atoms with Crippen LogP contribution in [0.5, 0.6) is 0 Å². The number of hydrogen-bond donors (Lipinski definition) is 0. The molecule has 6 heteroatoms. The van der Waals surface area contributed by atoms with Gasteiger partial charge in [0.15, 0.2) is 0 Å². The van der Waals surface area contributed by atoms with Crippen molar-refractivity contribution in [1.29, 1.82) is 0 Å². The van der Waals surface area contributed by atoms with Crippen molar-refractivity contribution in [2.24, 2.45) is 0 Å². The highest BCUT2D eigenvalue weighted by molar-refractivity contribution is 5.99. The Morgan fingerprint density at radius 2 is 2.04 bits per heavy atom. The number of hydrogen-bond acceptors (Lipinski definition) is 4. The number of rotatable bonds is 3. The highest BCUT2D eigenvalue weighted by atomic mass is 16.6. The predicted octanol–water partition coefficient (Wildman–Crippen LogP) is 3.27. The lowest BCUT2D eigenvalue weighted by atomic mass is 10.1. The van der Waals surface area contributed by atoms with Gasteiger partial charge in [0.1, 0.15) is 0 Å². The molecule has 0 spiro atoms. The molecule has 0 aliphatic carbocycles. The van der Waals surface area contributed by atoms with Crippen LogP contribution in [-0.2, 0) is 17.6 Å². The Labute approximate surface area is 143 Å². The molecule has 0 atom stereocenters. The molecule has 4 rings (SSSR count). The molecule has 0 radical (unpaired) electrons. The predicted molar refractivity (Wildman–Crippen MR) is 94.6 cm³/mol. The number of anilines is 1. The minimum absolute atomic E-state index is 0.00489. The number of para-hydroxylation sites is 1. The molecule has 2 aromatic carbocycles. The van der Waals surface area contributed by atoms with Gasteiger partial charge in [-0.15, -0.1) is 0 Å². The van der Waals surface area contributed by atoms with Crippen LogP contribution in [0.2, 0.25) is 0 Å². The zero-order chi connectivity index (χ0) is 17.4. The molecule has 0 N–H and O–H groups in total. The first-order chi connectivity index (χ1) is 12.1. The van der Waals surface area contributed by atoms with Crippen LogP contribution in [0.4, 0.5) is 11.4 Å². The zero-order valence-electron chi connectivity index (χ0n) is 13.4. The summed E-state index contributed by atoms with van der Waals surface area (Å²) >= 11 is 0. The van der Waals surface area contributed by atoms with Crippen molar-refractivity contribution in [3.63, 3.8) is 0 Å². The Kier molecular flexibility index (Phi) is 3.65. The zero-order valence-corrected chi connectivity index (χ0v) is 13.4. The first-order valence-electron chi connectivity index (χ1n) is 8.04. The third-order valence-electron chi connectivity index (χ3n) is 4.53. The highest BCUT2D eigenvalue weighted by Gasteiger charge is 2.27. The van der Waals surface area contributed by atoms with Crippen molar-refractivity contribution in [3.8, 4) is 0 Å². The van der Waals surface area contributed by atoms with E-state index < -0.39 is 4.92 Å². The first-order valence-corrected chi connectivity index (χ1v) is 8.04. The molecule has 1 aliphatic rings. The summed E-state index contributed by atoms with van der Waals surface area (Å²) in [7, 11) is 0. The van der Waals surface area contributed by atoms with E-state index >= 15 is 0 Å². The van der Waals surface area contributed by atoms with Crippen LogP contribution in [0, 0.1) is 10.1 Å². The smallest absolute Gasteiger partial charge is 0.271 e. The Balaban J connectivity index is 1.65. The summed E-state index contributed by atoms with van der Waals surface area (Å²) in [6, 6.07) is 14.3. The maximum Gasteiger partial charge on any atom is 0.271 e.